The second-order valence-electron chi connectivity index (χ2n) is 1.26. The lowest BCUT2D eigenvalue weighted by Gasteiger charge is -2.07. The van der Waals surface area contributed by atoms with Gasteiger partial charge in [0.15, 0.2) is 0 Å². The average molecular weight is 164 g/mol. The Kier molecular flexibility index (Phi) is 4.13. The van der Waals surface area contributed by atoms with Crippen LogP contribution in [0.4, 0.5) is 0 Å². The van der Waals surface area contributed by atoms with Gasteiger partial charge in [0.2, 0.25) is 0 Å². The number of phosphoric acid groups is 1. The third-order valence-electron chi connectivity index (χ3n) is 0.707. The Bertz CT molecular complexity index is 182. The molecule has 0 aromatic heterocycles. The van der Waals surface area contributed by atoms with Gasteiger partial charge < -0.3 is 4.52 Å². The highest BCUT2D eigenvalue weighted by Gasteiger charge is 2.22. The predicted octanol–water partition coefficient (Wildman–Crippen LogP) is 1.38. The smallest absolute Gasteiger partial charge is 0.350 e. The average Bonchev–Trinajstić information content (AvgIpc) is 2.00. The summed E-state index contributed by atoms with van der Waals surface area (Å²) in [5, 5.41) is 0. The van der Waals surface area contributed by atoms with Gasteiger partial charge in [0, 0.05) is 21.1 Å². The Balaban J connectivity index is 4.03. The minimum Gasteiger partial charge on any atom is -0.350 e. The van der Waals surface area contributed by atoms with Crippen LogP contribution in [-0.4, -0.2) is 14.2 Å². The fourth-order valence-corrected chi connectivity index (χ4v) is 0.752. The summed E-state index contributed by atoms with van der Waals surface area (Å²) in [5.74, 6) is 2.39. The van der Waals surface area contributed by atoms with Crippen LogP contribution in [0.1, 0.15) is 6.92 Å². The fraction of sp³-hybridized carbons (Fsp3) is 0.600. The van der Waals surface area contributed by atoms with Gasteiger partial charge in [-0.05, 0) is 0 Å². The first-order valence-corrected chi connectivity index (χ1v) is 3.96. The minimum atomic E-state index is -3.37. The molecule has 0 aliphatic heterocycles. The van der Waals surface area contributed by atoms with Crippen LogP contribution in [-0.2, 0) is 18.1 Å². The van der Waals surface area contributed by atoms with Crippen molar-refractivity contribution in [3.05, 3.63) is 0 Å². The lowest BCUT2D eigenvalue weighted by molar-refractivity contribution is 0.201. The lowest BCUT2D eigenvalue weighted by atomic mass is 10.8. The van der Waals surface area contributed by atoms with Crippen LogP contribution in [0, 0.1) is 12.0 Å². The van der Waals surface area contributed by atoms with Crippen molar-refractivity contribution in [2.45, 2.75) is 6.92 Å². The second-order valence-corrected chi connectivity index (χ2v) is 3.06. The van der Waals surface area contributed by atoms with Crippen LogP contribution in [0.5, 0.6) is 0 Å². The molecule has 4 nitrogen and oxygen atoms in total. The van der Waals surface area contributed by atoms with Crippen LogP contribution in [0.2, 0.25) is 0 Å². The Hall–Kier alpha value is -0.490. The summed E-state index contributed by atoms with van der Waals surface area (Å²) in [6.07, 6.45) is 2.13. The normalized spacial score (nSPS) is 9.90. The molecule has 10 heavy (non-hydrogen) atoms. The van der Waals surface area contributed by atoms with E-state index in [4.69, 9.17) is 0 Å². The summed E-state index contributed by atoms with van der Waals surface area (Å²) in [6.45, 7) is 1.55. The largest absolute Gasteiger partial charge is 0.537 e. The Morgan fingerprint density at radius 1 is 1.30 bits per heavy atom. The molecular weight excluding hydrogens is 155 g/mol. The molecule has 0 amide bonds. The molecule has 0 bridgehead atoms. The Morgan fingerprint density at radius 3 is 2.10 bits per heavy atom. The first-order valence-electron chi connectivity index (χ1n) is 2.50. The van der Waals surface area contributed by atoms with E-state index in [0.29, 0.717) is 0 Å². The highest BCUT2D eigenvalue weighted by Crippen LogP contribution is 2.46. The van der Waals surface area contributed by atoms with Crippen LogP contribution in [0.25, 0.3) is 0 Å². The quantitative estimate of drug-likeness (QED) is 0.467. The molecule has 0 rings (SSSR count). The third-order valence-corrected chi connectivity index (χ3v) is 1.92. The summed E-state index contributed by atoms with van der Waals surface area (Å²) >= 11 is 0. The first-order chi connectivity index (χ1) is 4.68. The molecule has 0 fully saturated rings. The summed E-state index contributed by atoms with van der Waals surface area (Å²) in [6, 6.07) is 0. The zero-order chi connectivity index (χ0) is 8.04. The van der Waals surface area contributed by atoms with Crippen molar-refractivity contribution in [3.8, 4) is 12.0 Å². The van der Waals surface area contributed by atoms with Crippen molar-refractivity contribution < 1.29 is 18.1 Å². The fourth-order valence-electron chi connectivity index (χ4n) is 0.251. The van der Waals surface area contributed by atoms with Crippen molar-refractivity contribution in [2.24, 2.45) is 0 Å². The third kappa shape index (κ3) is 2.88. The SMILES string of the molecule is CC#COP(=O)(OC)OC. The molecule has 0 aromatic carbocycles. The summed E-state index contributed by atoms with van der Waals surface area (Å²) in [4.78, 5) is 0. The molecule has 0 aromatic rings. The van der Waals surface area contributed by atoms with Crippen molar-refractivity contribution in [2.75, 3.05) is 14.2 Å². The first kappa shape index (κ1) is 9.51. The maximum atomic E-state index is 10.9. The van der Waals surface area contributed by atoms with Gasteiger partial charge in [-0.15, -0.1) is 0 Å². The molecule has 0 saturated heterocycles. The lowest BCUT2D eigenvalue weighted by Crippen LogP contribution is -1.88. The van der Waals surface area contributed by atoms with Crippen molar-refractivity contribution in [1.29, 1.82) is 0 Å². The Labute approximate surface area is 60.1 Å². The van der Waals surface area contributed by atoms with E-state index in [0.717, 1.165) is 0 Å². The van der Waals surface area contributed by atoms with E-state index < -0.39 is 7.82 Å². The van der Waals surface area contributed by atoms with Crippen LogP contribution < -0.4 is 0 Å². The van der Waals surface area contributed by atoms with Gasteiger partial charge in [-0.25, -0.2) is 4.57 Å². The van der Waals surface area contributed by atoms with E-state index in [1.165, 1.54) is 14.2 Å². The maximum Gasteiger partial charge on any atom is 0.537 e. The molecule has 0 atom stereocenters. The van der Waals surface area contributed by atoms with Gasteiger partial charge in [-0.2, -0.15) is 0 Å². The molecule has 0 spiro atoms. The van der Waals surface area contributed by atoms with E-state index in [-0.39, 0.29) is 0 Å². The highest BCUT2D eigenvalue weighted by atomic mass is 31.2. The Morgan fingerprint density at radius 2 is 1.80 bits per heavy atom. The second kappa shape index (κ2) is 4.35. The van der Waals surface area contributed by atoms with Crippen molar-refractivity contribution >= 4 is 7.82 Å². The molecule has 0 aliphatic carbocycles. The number of phosphoric ester groups is 1. The van der Waals surface area contributed by atoms with Gasteiger partial charge in [-0.1, -0.05) is 5.92 Å². The molecule has 0 aliphatic rings. The van der Waals surface area contributed by atoms with Gasteiger partial charge in [0.1, 0.15) is 6.11 Å². The van der Waals surface area contributed by atoms with E-state index in [1.54, 1.807) is 6.92 Å². The van der Waals surface area contributed by atoms with E-state index >= 15 is 0 Å². The van der Waals surface area contributed by atoms with Gasteiger partial charge in [0.25, 0.3) is 0 Å². The van der Waals surface area contributed by atoms with E-state index in [9.17, 15) is 4.57 Å². The van der Waals surface area contributed by atoms with Crippen LogP contribution in [0.15, 0.2) is 0 Å². The molecule has 0 unspecified atom stereocenters. The summed E-state index contributed by atoms with van der Waals surface area (Å²) in [5.41, 5.74) is 0. The molecule has 0 radical (unpaired) electrons. The topological polar surface area (TPSA) is 44.8 Å². The molecule has 5 heteroatoms. The molecular formula is C5H9O4P. The van der Waals surface area contributed by atoms with Crippen LogP contribution >= 0.6 is 7.82 Å². The van der Waals surface area contributed by atoms with Crippen molar-refractivity contribution in [1.82, 2.24) is 0 Å². The number of hydrogen-bond acceptors (Lipinski definition) is 4. The van der Waals surface area contributed by atoms with Gasteiger partial charge >= 0.3 is 7.82 Å². The standard InChI is InChI=1S/C5H9O4P/c1-4-5-9-10(6,7-2)8-3/h1-3H3. The van der Waals surface area contributed by atoms with E-state index in [1.807, 2.05) is 0 Å². The molecule has 0 saturated carbocycles. The van der Waals surface area contributed by atoms with Gasteiger partial charge in [-0.3, -0.25) is 9.05 Å². The van der Waals surface area contributed by atoms with Gasteiger partial charge in [0.05, 0.1) is 0 Å². The monoisotopic (exact) mass is 164 g/mol. The minimum absolute atomic E-state index is 1.22. The highest BCUT2D eigenvalue weighted by molar-refractivity contribution is 7.48. The van der Waals surface area contributed by atoms with E-state index in [2.05, 4.69) is 25.6 Å². The number of rotatable bonds is 3. The maximum absolute atomic E-state index is 10.9. The molecule has 0 N–H and O–H groups in total. The molecule has 0 heterocycles. The molecule has 58 valence electrons. The predicted molar refractivity (Wildman–Crippen MR) is 36.2 cm³/mol. The summed E-state index contributed by atoms with van der Waals surface area (Å²) < 4.78 is 24.2. The summed E-state index contributed by atoms with van der Waals surface area (Å²) in [7, 11) is -0.924. The zero-order valence-electron chi connectivity index (χ0n) is 6.08. The van der Waals surface area contributed by atoms with Crippen molar-refractivity contribution in [3.63, 3.8) is 0 Å². The number of hydrogen-bond donors (Lipinski definition) is 0. The van der Waals surface area contributed by atoms with Crippen LogP contribution in [0.3, 0.4) is 0 Å². The zero-order valence-corrected chi connectivity index (χ0v) is 6.97.